The Morgan fingerprint density at radius 3 is 2.75 bits per heavy atom. The third kappa shape index (κ3) is 3.08. The van der Waals surface area contributed by atoms with Gasteiger partial charge in [0.15, 0.2) is 0 Å². The molecule has 0 aliphatic carbocycles. The molecule has 0 spiro atoms. The number of piperazine rings is 1. The van der Waals surface area contributed by atoms with E-state index in [4.69, 9.17) is 5.84 Å². The molecule has 1 aliphatic heterocycles. The van der Waals surface area contributed by atoms with E-state index in [2.05, 4.69) is 29.2 Å². The molecule has 2 heterocycles. The maximum atomic E-state index is 12.5. The molecule has 0 bridgehead atoms. The summed E-state index contributed by atoms with van der Waals surface area (Å²) in [5, 5.41) is 0. The first-order valence-corrected chi connectivity index (χ1v) is 7.11. The van der Waals surface area contributed by atoms with Crippen molar-refractivity contribution in [2.45, 2.75) is 26.3 Å². The van der Waals surface area contributed by atoms with E-state index in [1.165, 1.54) is 0 Å². The van der Waals surface area contributed by atoms with Crippen LogP contribution in [0.2, 0.25) is 0 Å². The maximum absolute atomic E-state index is 12.5. The number of rotatable bonds is 4. The molecule has 20 heavy (non-hydrogen) atoms. The molecule has 2 rings (SSSR count). The fourth-order valence-corrected chi connectivity index (χ4v) is 2.49. The van der Waals surface area contributed by atoms with Gasteiger partial charge in [0.05, 0.1) is 17.4 Å². The van der Waals surface area contributed by atoms with Gasteiger partial charge >= 0.3 is 0 Å². The van der Waals surface area contributed by atoms with Crippen LogP contribution < -0.4 is 11.3 Å². The number of nitrogens with zero attached hydrogens (tertiary/aromatic N) is 3. The number of nitrogens with two attached hydrogens (primary N) is 1. The smallest absolute Gasteiger partial charge is 0.256 e. The number of carbonyl (C=O) groups is 1. The molecule has 0 radical (unpaired) electrons. The lowest BCUT2D eigenvalue weighted by molar-refractivity contribution is 0.0580. The van der Waals surface area contributed by atoms with E-state index in [1.807, 2.05) is 4.90 Å². The van der Waals surface area contributed by atoms with Gasteiger partial charge in [-0.05, 0) is 19.4 Å². The van der Waals surface area contributed by atoms with Crippen molar-refractivity contribution in [1.82, 2.24) is 14.8 Å². The SMILES string of the molecule is CCC(C)N1CCN(C(=O)c2ccncc2NN)CC1. The molecule has 3 N–H and O–H groups in total. The fourth-order valence-electron chi connectivity index (χ4n) is 2.49. The van der Waals surface area contributed by atoms with Crippen LogP contribution in [0.3, 0.4) is 0 Å². The van der Waals surface area contributed by atoms with Crippen LogP contribution in [-0.2, 0) is 0 Å². The number of aromatic nitrogens is 1. The van der Waals surface area contributed by atoms with Crippen molar-refractivity contribution in [3.63, 3.8) is 0 Å². The summed E-state index contributed by atoms with van der Waals surface area (Å²) in [6.07, 6.45) is 4.33. The van der Waals surface area contributed by atoms with Crippen LogP contribution in [0.1, 0.15) is 30.6 Å². The number of hydrazine groups is 1. The summed E-state index contributed by atoms with van der Waals surface area (Å²) < 4.78 is 0. The number of anilines is 1. The summed E-state index contributed by atoms with van der Waals surface area (Å²) in [5.74, 6) is 5.45. The summed E-state index contributed by atoms with van der Waals surface area (Å²) in [4.78, 5) is 20.8. The first-order chi connectivity index (χ1) is 9.67. The summed E-state index contributed by atoms with van der Waals surface area (Å²) in [6, 6.07) is 2.29. The molecular weight excluding hydrogens is 254 g/mol. The van der Waals surface area contributed by atoms with Crippen molar-refractivity contribution in [2.75, 3.05) is 31.6 Å². The summed E-state index contributed by atoms with van der Waals surface area (Å²) in [7, 11) is 0. The molecule has 1 atom stereocenters. The maximum Gasteiger partial charge on any atom is 0.256 e. The van der Waals surface area contributed by atoms with Crippen LogP contribution in [-0.4, -0.2) is 52.9 Å². The van der Waals surface area contributed by atoms with Gasteiger partial charge in [-0.3, -0.25) is 20.5 Å². The van der Waals surface area contributed by atoms with E-state index < -0.39 is 0 Å². The van der Waals surface area contributed by atoms with Crippen LogP contribution in [0.5, 0.6) is 0 Å². The van der Waals surface area contributed by atoms with Crippen LogP contribution in [0.15, 0.2) is 18.5 Å². The molecule has 1 amide bonds. The zero-order valence-electron chi connectivity index (χ0n) is 12.2. The van der Waals surface area contributed by atoms with Gasteiger partial charge in [-0.1, -0.05) is 6.92 Å². The van der Waals surface area contributed by atoms with Gasteiger partial charge < -0.3 is 10.3 Å². The van der Waals surface area contributed by atoms with Crippen molar-refractivity contribution in [2.24, 2.45) is 5.84 Å². The molecule has 1 aromatic heterocycles. The lowest BCUT2D eigenvalue weighted by atomic mass is 10.1. The number of hydrogen-bond donors (Lipinski definition) is 2. The van der Waals surface area contributed by atoms with Gasteiger partial charge in [0, 0.05) is 38.4 Å². The van der Waals surface area contributed by atoms with Crippen LogP contribution in [0, 0.1) is 0 Å². The number of nitrogens with one attached hydrogen (secondary N) is 1. The largest absolute Gasteiger partial charge is 0.336 e. The standard InChI is InChI=1S/C14H23N5O/c1-3-11(2)18-6-8-19(9-7-18)14(20)12-4-5-16-10-13(12)17-15/h4-5,10-11,17H,3,6-9,15H2,1-2H3. The normalized spacial score (nSPS) is 17.9. The zero-order chi connectivity index (χ0) is 14.5. The van der Waals surface area contributed by atoms with Gasteiger partial charge in [-0.2, -0.15) is 0 Å². The molecule has 1 aromatic rings. The second-order valence-corrected chi connectivity index (χ2v) is 5.15. The number of hydrogen-bond acceptors (Lipinski definition) is 5. The molecule has 0 saturated carbocycles. The Kier molecular flexibility index (Phi) is 4.92. The number of pyridine rings is 1. The van der Waals surface area contributed by atoms with E-state index in [9.17, 15) is 4.79 Å². The number of nitrogen functional groups attached to an aromatic ring is 1. The molecule has 0 aromatic carbocycles. The second kappa shape index (κ2) is 6.67. The molecule has 6 nitrogen and oxygen atoms in total. The highest BCUT2D eigenvalue weighted by Crippen LogP contribution is 2.17. The van der Waals surface area contributed by atoms with Crippen LogP contribution in [0.25, 0.3) is 0 Å². The third-order valence-electron chi connectivity index (χ3n) is 4.02. The predicted molar refractivity (Wildman–Crippen MR) is 79.3 cm³/mol. The molecule has 1 unspecified atom stereocenters. The minimum absolute atomic E-state index is 0.0177. The molecule has 1 fully saturated rings. The van der Waals surface area contributed by atoms with E-state index in [1.54, 1.807) is 18.5 Å². The fraction of sp³-hybridized carbons (Fsp3) is 0.571. The van der Waals surface area contributed by atoms with Crippen molar-refractivity contribution >= 4 is 11.6 Å². The topological polar surface area (TPSA) is 74.5 Å². The molecule has 6 heteroatoms. The Labute approximate surface area is 119 Å². The van der Waals surface area contributed by atoms with Crippen molar-refractivity contribution in [3.8, 4) is 0 Å². The lowest BCUT2D eigenvalue weighted by Gasteiger charge is -2.38. The average molecular weight is 277 g/mol. The van der Waals surface area contributed by atoms with Crippen molar-refractivity contribution in [1.29, 1.82) is 0 Å². The quantitative estimate of drug-likeness (QED) is 0.632. The Morgan fingerprint density at radius 1 is 1.45 bits per heavy atom. The summed E-state index contributed by atoms with van der Waals surface area (Å²) >= 11 is 0. The van der Waals surface area contributed by atoms with Gasteiger partial charge in [0.25, 0.3) is 5.91 Å². The third-order valence-corrected chi connectivity index (χ3v) is 4.02. The van der Waals surface area contributed by atoms with Crippen molar-refractivity contribution < 1.29 is 4.79 Å². The van der Waals surface area contributed by atoms with E-state index in [0.29, 0.717) is 17.3 Å². The monoisotopic (exact) mass is 277 g/mol. The first-order valence-electron chi connectivity index (χ1n) is 7.11. The van der Waals surface area contributed by atoms with E-state index in [-0.39, 0.29) is 5.91 Å². The highest BCUT2D eigenvalue weighted by Gasteiger charge is 2.25. The predicted octanol–water partition coefficient (Wildman–Crippen LogP) is 0.924. The Hall–Kier alpha value is -1.66. The molecule has 110 valence electrons. The van der Waals surface area contributed by atoms with Crippen LogP contribution in [0.4, 0.5) is 5.69 Å². The minimum Gasteiger partial charge on any atom is -0.336 e. The first kappa shape index (κ1) is 14.7. The molecule has 1 saturated heterocycles. The second-order valence-electron chi connectivity index (χ2n) is 5.15. The van der Waals surface area contributed by atoms with Crippen molar-refractivity contribution in [3.05, 3.63) is 24.0 Å². The van der Waals surface area contributed by atoms with Gasteiger partial charge in [-0.25, -0.2) is 0 Å². The number of amides is 1. The van der Waals surface area contributed by atoms with Crippen LogP contribution >= 0.6 is 0 Å². The summed E-state index contributed by atoms with van der Waals surface area (Å²) in [5.41, 5.74) is 3.69. The zero-order valence-corrected chi connectivity index (χ0v) is 12.2. The number of carbonyl (C=O) groups excluding carboxylic acids is 1. The summed E-state index contributed by atoms with van der Waals surface area (Å²) in [6.45, 7) is 7.80. The Bertz CT molecular complexity index is 457. The Morgan fingerprint density at radius 2 is 2.15 bits per heavy atom. The molecular formula is C14H23N5O. The van der Waals surface area contributed by atoms with Gasteiger partial charge in [0.2, 0.25) is 0 Å². The van der Waals surface area contributed by atoms with E-state index >= 15 is 0 Å². The molecule has 1 aliphatic rings. The lowest BCUT2D eigenvalue weighted by Crippen LogP contribution is -2.51. The highest BCUT2D eigenvalue weighted by molar-refractivity contribution is 5.99. The van der Waals surface area contributed by atoms with E-state index in [0.717, 1.165) is 32.6 Å². The van der Waals surface area contributed by atoms with Gasteiger partial charge in [-0.15, -0.1) is 0 Å². The average Bonchev–Trinajstić information content (AvgIpc) is 2.53. The van der Waals surface area contributed by atoms with Gasteiger partial charge in [0.1, 0.15) is 0 Å². The Balaban J connectivity index is 2.01. The highest BCUT2D eigenvalue weighted by atomic mass is 16.2. The minimum atomic E-state index is 0.0177.